The van der Waals surface area contributed by atoms with E-state index in [0.717, 1.165) is 49.6 Å². The second-order valence-corrected chi connectivity index (χ2v) is 7.46. The summed E-state index contributed by atoms with van der Waals surface area (Å²) in [5.41, 5.74) is 1.78. The lowest BCUT2D eigenvalue weighted by atomic mass is 10.1. The summed E-state index contributed by atoms with van der Waals surface area (Å²) in [5, 5.41) is 4.44. The fourth-order valence-corrected chi connectivity index (χ4v) is 4.02. The van der Waals surface area contributed by atoms with Crippen LogP contribution < -0.4 is 5.32 Å². The maximum atomic E-state index is 12.7. The third kappa shape index (κ3) is 3.93. The van der Waals surface area contributed by atoms with Crippen LogP contribution in [0, 0.1) is 13.8 Å². The van der Waals surface area contributed by atoms with E-state index in [1.165, 1.54) is 11.3 Å². The number of nitrogens with one attached hydrogen (secondary N) is 1. The Morgan fingerprint density at radius 3 is 2.79 bits per heavy atom. The Morgan fingerprint density at radius 2 is 2.08 bits per heavy atom. The average Bonchev–Trinajstić information content (AvgIpc) is 2.93. The quantitative estimate of drug-likeness (QED) is 0.903. The zero-order valence-corrected chi connectivity index (χ0v) is 15.2. The van der Waals surface area contributed by atoms with Crippen molar-refractivity contribution in [2.75, 3.05) is 25.0 Å². The van der Waals surface area contributed by atoms with Crippen molar-refractivity contribution in [1.29, 1.82) is 0 Å². The Balaban J connectivity index is 1.65. The summed E-state index contributed by atoms with van der Waals surface area (Å²) in [5.74, 6) is 0.780. The summed E-state index contributed by atoms with van der Waals surface area (Å²) in [7, 11) is 0. The number of thiazole rings is 1. The molecule has 3 heterocycles. The topological polar surface area (TPSA) is 58.1 Å². The average molecular weight is 344 g/mol. The molecule has 5 nitrogen and oxygen atoms in total. The van der Waals surface area contributed by atoms with Crippen LogP contribution in [0.4, 0.5) is 5.82 Å². The van der Waals surface area contributed by atoms with E-state index in [-0.39, 0.29) is 5.91 Å². The molecular formula is C18H24N4OS. The highest BCUT2D eigenvalue weighted by Gasteiger charge is 2.21. The number of amides is 1. The molecular weight excluding hydrogens is 320 g/mol. The molecule has 2 aromatic rings. The molecule has 1 fully saturated rings. The minimum atomic E-state index is 0.0927. The van der Waals surface area contributed by atoms with Gasteiger partial charge in [-0.05, 0) is 45.2 Å². The first-order valence-corrected chi connectivity index (χ1v) is 9.38. The van der Waals surface area contributed by atoms with Crippen molar-refractivity contribution in [2.24, 2.45) is 0 Å². The minimum absolute atomic E-state index is 0.0927. The van der Waals surface area contributed by atoms with Gasteiger partial charge in [-0.1, -0.05) is 0 Å². The second kappa shape index (κ2) is 7.75. The van der Waals surface area contributed by atoms with Gasteiger partial charge >= 0.3 is 0 Å². The molecule has 1 N–H and O–H groups in total. The van der Waals surface area contributed by atoms with Gasteiger partial charge in [0, 0.05) is 37.1 Å². The normalized spacial score (nSPS) is 14.7. The highest BCUT2D eigenvalue weighted by molar-refractivity contribution is 7.11. The molecule has 0 spiro atoms. The molecule has 0 radical (unpaired) electrons. The van der Waals surface area contributed by atoms with Gasteiger partial charge in [-0.3, -0.25) is 4.79 Å². The van der Waals surface area contributed by atoms with Gasteiger partial charge in [-0.2, -0.15) is 0 Å². The fourth-order valence-electron chi connectivity index (χ4n) is 3.09. The molecule has 0 aromatic carbocycles. The van der Waals surface area contributed by atoms with Crippen LogP contribution in [-0.4, -0.2) is 40.4 Å². The maximum absolute atomic E-state index is 12.7. The van der Waals surface area contributed by atoms with Crippen LogP contribution in [0.1, 0.15) is 45.2 Å². The van der Waals surface area contributed by atoms with Gasteiger partial charge in [0.2, 0.25) is 0 Å². The number of carbonyl (C=O) groups excluding carboxylic acids is 1. The van der Waals surface area contributed by atoms with Crippen LogP contribution in [0.25, 0.3) is 0 Å². The molecule has 1 aliphatic heterocycles. The first kappa shape index (κ1) is 16.9. The van der Waals surface area contributed by atoms with Crippen LogP contribution in [0.5, 0.6) is 0 Å². The van der Waals surface area contributed by atoms with Crippen molar-refractivity contribution >= 4 is 23.1 Å². The Kier molecular flexibility index (Phi) is 5.45. The van der Waals surface area contributed by atoms with Crippen molar-refractivity contribution in [3.63, 3.8) is 0 Å². The Morgan fingerprint density at radius 1 is 1.29 bits per heavy atom. The molecule has 3 rings (SSSR count). The van der Waals surface area contributed by atoms with Crippen molar-refractivity contribution < 1.29 is 4.79 Å². The number of aromatic nitrogens is 2. The molecule has 1 saturated heterocycles. The zero-order chi connectivity index (χ0) is 16.9. The van der Waals surface area contributed by atoms with E-state index in [0.29, 0.717) is 11.4 Å². The maximum Gasteiger partial charge on any atom is 0.257 e. The molecule has 0 atom stereocenters. The van der Waals surface area contributed by atoms with Gasteiger partial charge in [0.25, 0.3) is 5.91 Å². The monoisotopic (exact) mass is 344 g/mol. The van der Waals surface area contributed by atoms with Crippen molar-refractivity contribution in [1.82, 2.24) is 14.9 Å². The van der Waals surface area contributed by atoms with Gasteiger partial charge in [-0.15, -0.1) is 11.3 Å². The number of rotatable bonds is 5. The Bertz CT molecular complexity index is 707. The molecule has 2 aromatic heterocycles. The van der Waals surface area contributed by atoms with Crippen molar-refractivity contribution in [3.8, 4) is 0 Å². The molecule has 128 valence electrons. The fraction of sp³-hybridized carbons (Fsp3) is 0.500. The van der Waals surface area contributed by atoms with Crippen LogP contribution in [0.15, 0.2) is 18.3 Å². The zero-order valence-electron chi connectivity index (χ0n) is 14.3. The van der Waals surface area contributed by atoms with E-state index in [4.69, 9.17) is 0 Å². The van der Waals surface area contributed by atoms with Gasteiger partial charge in [0.15, 0.2) is 0 Å². The predicted octanol–water partition coefficient (Wildman–Crippen LogP) is 3.44. The number of likely N-dealkylation sites (tertiary alicyclic amines) is 1. The third-order valence-electron chi connectivity index (χ3n) is 4.33. The molecule has 0 saturated carbocycles. The van der Waals surface area contributed by atoms with Gasteiger partial charge in [-0.25, -0.2) is 9.97 Å². The van der Waals surface area contributed by atoms with Gasteiger partial charge in [0.05, 0.1) is 16.3 Å². The molecule has 1 aliphatic rings. The Labute approximate surface area is 147 Å². The molecule has 24 heavy (non-hydrogen) atoms. The molecule has 6 heteroatoms. The third-order valence-corrected chi connectivity index (χ3v) is 5.46. The van der Waals surface area contributed by atoms with E-state index in [9.17, 15) is 4.79 Å². The molecule has 1 amide bonds. The number of hydrogen-bond donors (Lipinski definition) is 1. The number of hydrogen-bond acceptors (Lipinski definition) is 5. The number of pyridine rings is 1. The minimum Gasteiger partial charge on any atom is -0.369 e. The predicted molar refractivity (Wildman–Crippen MR) is 97.8 cm³/mol. The van der Waals surface area contributed by atoms with E-state index < -0.39 is 0 Å². The number of anilines is 1. The number of nitrogens with zero attached hydrogens (tertiary/aromatic N) is 3. The van der Waals surface area contributed by atoms with E-state index in [1.54, 1.807) is 17.5 Å². The summed E-state index contributed by atoms with van der Waals surface area (Å²) >= 11 is 1.74. The molecule has 0 aliphatic carbocycles. The smallest absolute Gasteiger partial charge is 0.257 e. The van der Waals surface area contributed by atoms with E-state index in [2.05, 4.69) is 15.3 Å². The number of carbonyl (C=O) groups is 1. The largest absolute Gasteiger partial charge is 0.369 e. The van der Waals surface area contributed by atoms with Crippen LogP contribution in [0.2, 0.25) is 0 Å². The van der Waals surface area contributed by atoms with Crippen LogP contribution >= 0.6 is 11.3 Å². The lowest BCUT2D eigenvalue weighted by molar-refractivity contribution is 0.0725. The van der Waals surface area contributed by atoms with Crippen molar-refractivity contribution in [3.05, 3.63) is 39.5 Å². The lowest BCUT2D eigenvalue weighted by Crippen LogP contribution is -2.36. The van der Waals surface area contributed by atoms with Gasteiger partial charge < -0.3 is 10.2 Å². The lowest BCUT2D eigenvalue weighted by Gasteiger charge is -2.27. The molecule has 0 bridgehead atoms. The summed E-state index contributed by atoms with van der Waals surface area (Å²) in [6.45, 7) is 6.53. The second-order valence-electron chi connectivity index (χ2n) is 6.17. The first-order valence-electron chi connectivity index (χ1n) is 8.56. The highest BCUT2D eigenvalue weighted by atomic mass is 32.1. The first-order chi connectivity index (χ1) is 11.6. The Hall–Kier alpha value is -1.95. The SMILES string of the molecule is Cc1nc(C)c(CCNc2ncccc2C(=O)N2CCCCC2)s1. The summed E-state index contributed by atoms with van der Waals surface area (Å²) < 4.78 is 0. The summed E-state index contributed by atoms with van der Waals surface area (Å²) in [6.07, 6.45) is 6.04. The highest BCUT2D eigenvalue weighted by Crippen LogP contribution is 2.20. The summed E-state index contributed by atoms with van der Waals surface area (Å²) in [4.78, 5) is 24.8. The number of aryl methyl sites for hydroxylation is 2. The van der Waals surface area contributed by atoms with E-state index in [1.807, 2.05) is 30.9 Å². The standard InChI is InChI=1S/C18H24N4OS/c1-13-16(24-14(2)21-13)8-10-20-17-15(7-6-9-19-17)18(23)22-11-4-3-5-12-22/h6-7,9H,3-5,8,10-12H2,1-2H3,(H,19,20). The van der Waals surface area contributed by atoms with Gasteiger partial charge in [0.1, 0.15) is 5.82 Å². The van der Waals surface area contributed by atoms with Crippen LogP contribution in [-0.2, 0) is 6.42 Å². The summed E-state index contributed by atoms with van der Waals surface area (Å²) in [6, 6.07) is 3.70. The van der Waals surface area contributed by atoms with Crippen LogP contribution in [0.3, 0.4) is 0 Å². The van der Waals surface area contributed by atoms with Crippen molar-refractivity contribution in [2.45, 2.75) is 39.5 Å². The molecule has 0 unspecified atom stereocenters. The number of piperidine rings is 1. The van der Waals surface area contributed by atoms with E-state index >= 15 is 0 Å².